The molecule has 0 spiro atoms. The first-order chi connectivity index (χ1) is 7.52. The summed E-state index contributed by atoms with van der Waals surface area (Å²) in [6, 6.07) is 3.45. The molecule has 0 aliphatic rings. The molecule has 2 heterocycles. The second-order valence-corrected chi connectivity index (χ2v) is 4.13. The molecule has 4 nitrogen and oxygen atoms in total. The fourth-order valence-electron chi connectivity index (χ4n) is 1.29. The number of ether oxygens (including phenoxy) is 1. The third kappa shape index (κ3) is 2.19. The highest BCUT2D eigenvalue weighted by Gasteiger charge is 2.31. The number of halogens is 3. The van der Waals surface area contributed by atoms with Crippen molar-refractivity contribution >= 4 is 21.6 Å². The van der Waals surface area contributed by atoms with Crippen molar-refractivity contribution in [3.8, 4) is 0 Å². The van der Waals surface area contributed by atoms with E-state index in [2.05, 4.69) is 30.9 Å². The molecule has 0 bridgehead atoms. The molecule has 0 aromatic carbocycles. The van der Waals surface area contributed by atoms with E-state index in [1.54, 1.807) is 18.3 Å². The molecule has 0 atom stereocenters. The van der Waals surface area contributed by atoms with Crippen LogP contribution in [0, 0.1) is 0 Å². The van der Waals surface area contributed by atoms with Crippen LogP contribution in [0.3, 0.4) is 0 Å². The zero-order chi connectivity index (χ0) is 11.8. The average Bonchev–Trinajstić information content (AvgIpc) is 2.61. The minimum atomic E-state index is -3.23. The molecule has 16 heavy (non-hydrogen) atoms. The third-order valence-electron chi connectivity index (χ3n) is 2.10. The maximum atomic E-state index is 13.0. The average molecular weight is 292 g/mol. The van der Waals surface area contributed by atoms with E-state index in [0.717, 1.165) is 11.6 Å². The van der Waals surface area contributed by atoms with Crippen LogP contribution in [0.5, 0.6) is 0 Å². The lowest BCUT2D eigenvalue weighted by molar-refractivity contribution is -0.220. The Morgan fingerprint density at radius 2 is 2.19 bits per heavy atom. The molecule has 0 saturated carbocycles. The van der Waals surface area contributed by atoms with Crippen LogP contribution in [0.25, 0.3) is 5.65 Å². The van der Waals surface area contributed by atoms with Crippen molar-refractivity contribution in [2.24, 2.45) is 0 Å². The highest BCUT2D eigenvalue weighted by Crippen LogP contribution is 2.21. The van der Waals surface area contributed by atoms with Gasteiger partial charge in [0.1, 0.15) is 5.82 Å². The van der Waals surface area contributed by atoms with Gasteiger partial charge in [0.15, 0.2) is 5.65 Å². The zero-order valence-corrected chi connectivity index (χ0v) is 9.91. The Hall–Kier alpha value is -1.08. The van der Waals surface area contributed by atoms with Gasteiger partial charge in [-0.05, 0) is 28.1 Å². The molecule has 0 unspecified atom stereocenters. The Kier molecular flexibility index (Phi) is 2.90. The number of fused-ring (bicyclic) bond motifs is 1. The number of aromatic nitrogens is 3. The molecule has 7 heteroatoms. The van der Waals surface area contributed by atoms with Crippen molar-refractivity contribution < 1.29 is 13.5 Å². The van der Waals surface area contributed by atoms with Crippen LogP contribution in [0.1, 0.15) is 5.82 Å². The molecule has 0 amide bonds. The Balaban J connectivity index is 2.41. The summed E-state index contributed by atoms with van der Waals surface area (Å²) in [4.78, 5) is 0. The molecule has 2 rings (SSSR count). The molecule has 0 saturated heterocycles. The lowest BCUT2D eigenvalue weighted by Gasteiger charge is -2.12. The lowest BCUT2D eigenvalue weighted by Crippen LogP contribution is -2.23. The smallest absolute Gasteiger partial charge is 0.323 e. The van der Waals surface area contributed by atoms with Crippen LogP contribution >= 0.6 is 15.9 Å². The maximum Gasteiger partial charge on any atom is 0.362 e. The Labute approximate surface area is 98.4 Å². The molecule has 0 N–H and O–H groups in total. The summed E-state index contributed by atoms with van der Waals surface area (Å²) in [5.41, 5.74) is 0.519. The predicted molar refractivity (Wildman–Crippen MR) is 56.3 cm³/mol. The second-order valence-electron chi connectivity index (χ2n) is 3.21. The minimum absolute atomic E-state index is 0.156. The van der Waals surface area contributed by atoms with E-state index in [0.29, 0.717) is 5.65 Å². The number of alkyl halides is 2. The van der Waals surface area contributed by atoms with Gasteiger partial charge < -0.3 is 4.74 Å². The van der Waals surface area contributed by atoms with Crippen molar-refractivity contribution in [3.05, 3.63) is 28.6 Å². The van der Waals surface area contributed by atoms with Gasteiger partial charge in [-0.15, -0.1) is 10.2 Å². The maximum absolute atomic E-state index is 13.0. The molecule has 2 aromatic rings. The van der Waals surface area contributed by atoms with E-state index in [1.807, 2.05) is 0 Å². The second kappa shape index (κ2) is 4.06. The van der Waals surface area contributed by atoms with Gasteiger partial charge in [0.2, 0.25) is 0 Å². The van der Waals surface area contributed by atoms with E-state index >= 15 is 0 Å². The molecule has 2 aromatic heterocycles. The van der Waals surface area contributed by atoms with Gasteiger partial charge in [-0.25, -0.2) is 0 Å². The van der Waals surface area contributed by atoms with Crippen LogP contribution < -0.4 is 0 Å². The van der Waals surface area contributed by atoms with Gasteiger partial charge in [-0.1, -0.05) is 0 Å². The van der Waals surface area contributed by atoms with Crippen molar-refractivity contribution in [1.82, 2.24) is 14.6 Å². The molecule has 0 aliphatic heterocycles. The van der Waals surface area contributed by atoms with Gasteiger partial charge in [-0.3, -0.25) is 4.40 Å². The Bertz CT molecular complexity index is 514. The topological polar surface area (TPSA) is 39.4 Å². The summed E-state index contributed by atoms with van der Waals surface area (Å²) < 4.78 is 32.4. The fraction of sp³-hybridized carbons (Fsp3) is 0.333. The van der Waals surface area contributed by atoms with Gasteiger partial charge >= 0.3 is 6.11 Å². The van der Waals surface area contributed by atoms with E-state index in [1.165, 1.54) is 4.40 Å². The van der Waals surface area contributed by atoms with E-state index in [4.69, 9.17) is 0 Å². The van der Waals surface area contributed by atoms with Crippen molar-refractivity contribution in [2.75, 3.05) is 7.11 Å². The number of methoxy groups -OCH3 is 1. The van der Waals surface area contributed by atoms with E-state index in [9.17, 15) is 8.78 Å². The van der Waals surface area contributed by atoms with Crippen molar-refractivity contribution in [3.63, 3.8) is 0 Å². The normalized spacial score (nSPS) is 12.2. The Morgan fingerprint density at radius 1 is 1.44 bits per heavy atom. The molecular weight excluding hydrogens is 284 g/mol. The molecular formula is C9H8BrF2N3O. The highest BCUT2D eigenvalue weighted by molar-refractivity contribution is 9.10. The fourth-order valence-corrected chi connectivity index (χ4v) is 1.63. The molecule has 86 valence electrons. The number of pyridine rings is 1. The summed E-state index contributed by atoms with van der Waals surface area (Å²) in [6.07, 6.45) is -2.21. The van der Waals surface area contributed by atoms with E-state index in [-0.39, 0.29) is 5.82 Å². The van der Waals surface area contributed by atoms with Gasteiger partial charge in [0.05, 0.1) is 6.42 Å². The van der Waals surface area contributed by atoms with E-state index < -0.39 is 12.5 Å². The summed E-state index contributed by atoms with van der Waals surface area (Å²) in [7, 11) is 0.957. The first-order valence-electron chi connectivity index (χ1n) is 4.44. The monoisotopic (exact) mass is 291 g/mol. The number of hydrogen-bond acceptors (Lipinski definition) is 3. The molecule has 0 aliphatic carbocycles. The zero-order valence-electron chi connectivity index (χ0n) is 8.32. The van der Waals surface area contributed by atoms with Crippen LogP contribution in [-0.2, 0) is 11.2 Å². The number of hydrogen-bond donors (Lipinski definition) is 0. The minimum Gasteiger partial charge on any atom is -0.323 e. The summed E-state index contributed by atoms with van der Waals surface area (Å²) in [5, 5.41) is 7.48. The molecule has 0 radical (unpaired) electrons. The predicted octanol–water partition coefficient (Wildman–Crippen LogP) is 2.27. The first-order valence-corrected chi connectivity index (χ1v) is 5.23. The highest BCUT2D eigenvalue weighted by atomic mass is 79.9. The summed E-state index contributed by atoms with van der Waals surface area (Å²) in [5.74, 6) is 0.156. The summed E-state index contributed by atoms with van der Waals surface area (Å²) >= 11 is 3.25. The van der Waals surface area contributed by atoms with Crippen LogP contribution in [0.2, 0.25) is 0 Å². The lowest BCUT2D eigenvalue weighted by atomic mass is 10.3. The largest absolute Gasteiger partial charge is 0.362 e. The number of rotatable bonds is 3. The van der Waals surface area contributed by atoms with Crippen molar-refractivity contribution in [1.29, 1.82) is 0 Å². The van der Waals surface area contributed by atoms with Gasteiger partial charge in [-0.2, -0.15) is 8.78 Å². The third-order valence-corrected chi connectivity index (χ3v) is 2.57. The standard InChI is InChI=1S/C9H8BrF2N3O/c1-16-9(11,12)4-8-14-13-7-3-2-6(10)5-15(7)8/h2-3,5H,4H2,1H3. The SMILES string of the molecule is COC(F)(F)Cc1nnc2ccc(Br)cn12. The summed E-state index contributed by atoms with van der Waals surface area (Å²) in [6.45, 7) is 0. The van der Waals surface area contributed by atoms with Crippen LogP contribution in [0.4, 0.5) is 8.78 Å². The number of nitrogens with zero attached hydrogens (tertiary/aromatic N) is 3. The molecule has 0 fully saturated rings. The Morgan fingerprint density at radius 3 is 2.88 bits per heavy atom. The first kappa shape index (κ1) is 11.4. The van der Waals surface area contributed by atoms with Crippen LogP contribution in [0.15, 0.2) is 22.8 Å². The van der Waals surface area contributed by atoms with Gasteiger partial charge in [0, 0.05) is 17.8 Å². The van der Waals surface area contributed by atoms with Crippen molar-refractivity contribution in [2.45, 2.75) is 12.5 Å². The quantitative estimate of drug-likeness (QED) is 0.871. The van der Waals surface area contributed by atoms with Gasteiger partial charge in [0.25, 0.3) is 0 Å². The van der Waals surface area contributed by atoms with Crippen LogP contribution in [-0.4, -0.2) is 27.8 Å².